The second-order valence-corrected chi connectivity index (χ2v) is 6.22. The van der Waals surface area contributed by atoms with Crippen LogP contribution in [0.4, 0.5) is 5.69 Å². The Balaban J connectivity index is 1.45. The third-order valence-corrected chi connectivity index (χ3v) is 4.91. The molecule has 2 N–H and O–H groups in total. The van der Waals surface area contributed by atoms with E-state index in [0.717, 1.165) is 45.7 Å². The summed E-state index contributed by atoms with van der Waals surface area (Å²) in [6.45, 7) is 5.31. The minimum absolute atomic E-state index is 0.194. The molecule has 0 unspecified atom stereocenters. The first-order chi connectivity index (χ1) is 10.8. The van der Waals surface area contributed by atoms with Gasteiger partial charge < -0.3 is 20.1 Å². The van der Waals surface area contributed by atoms with Crippen molar-refractivity contribution in [3.63, 3.8) is 0 Å². The molecule has 1 atom stereocenters. The fourth-order valence-corrected chi connectivity index (χ4v) is 3.64. The third kappa shape index (κ3) is 2.35. The summed E-state index contributed by atoms with van der Waals surface area (Å²) in [4.78, 5) is 20.2. The van der Waals surface area contributed by atoms with Crippen LogP contribution in [0, 0.1) is 5.92 Å². The first-order valence-corrected chi connectivity index (χ1v) is 8.13. The molecule has 1 amide bonds. The number of carbonyl (C=O) groups is 1. The number of H-pyrrole nitrogens is 1. The van der Waals surface area contributed by atoms with E-state index >= 15 is 0 Å². The van der Waals surface area contributed by atoms with Crippen LogP contribution < -0.4 is 10.2 Å². The maximum atomic E-state index is 12.5. The Hall–Kier alpha value is -2.01. The smallest absolute Gasteiger partial charge is 0.227 e. The lowest BCUT2D eigenvalue weighted by Crippen LogP contribution is -2.50. The Kier molecular flexibility index (Phi) is 3.50. The molecule has 4 rings (SSSR count). The summed E-state index contributed by atoms with van der Waals surface area (Å²) < 4.78 is 0. The molecule has 0 saturated carbocycles. The summed E-state index contributed by atoms with van der Waals surface area (Å²) in [5.41, 5.74) is 2.45. The van der Waals surface area contributed by atoms with Crippen molar-refractivity contribution >= 4 is 22.5 Å². The fraction of sp³-hybridized carbons (Fsp3) is 0.471. The monoisotopic (exact) mass is 298 g/mol. The van der Waals surface area contributed by atoms with E-state index in [2.05, 4.69) is 39.5 Å². The van der Waals surface area contributed by atoms with Gasteiger partial charge in [-0.15, -0.1) is 0 Å². The van der Waals surface area contributed by atoms with E-state index < -0.39 is 0 Å². The zero-order valence-corrected chi connectivity index (χ0v) is 12.7. The van der Waals surface area contributed by atoms with Crippen LogP contribution in [-0.2, 0) is 4.79 Å². The Bertz CT molecular complexity index is 666. The topological polar surface area (TPSA) is 51.4 Å². The summed E-state index contributed by atoms with van der Waals surface area (Å²) in [7, 11) is 0. The number of anilines is 1. The van der Waals surface area contributed by atoms with Crippen LogP contribution in [0.2, 0.25) is 0 Å². The molecule has 116 valence electrons. The highest BCUT2D eigenvalue weighted by Gasteiger charge is 2.29. The van der Waals surface area contributed by atoms with Crippen LogP contribution in [-0.4, -0.2) is 55.1 Å². The quantitative estimate of drug-likeness (QED) is 0.882. The zero-order chi connectivity index (χ0) is 14.9. The molecule has 2 fully saturated rings. The molecule has 5 heteroatoms. The van der Waals surface area contributed by atoms with Gasteiger partial charge >= 0.3 is 0 Å². The van der Waals surface area contributed by atoms with Crippen molar-refractivity contribution < 1.29 is 4.79 Å². The molecule has 0 radical (unpaired) electrons. The summed E-state index contributed by atoms with van der Waals surface area (Å²) in [6, 6.07) is 8.50. The van der Waals surface area contributed by atoms with Crippen LogP contribution in [0.3, 0.4) is 0 Å². The lowest BCUT2D eigenvalue weighted by atomic mass is 10.1. The Labute approximate surface area is 130 Å². The van der Waals surface area contributed by atoms with Crippen LogP contribution in [0.5, 0.6) is 0 Å². The van der Waals surface area contributed by atoms with E-state index in [1.807, 2.05) is 11.1 Å². The third-order valence-electron chi connectivity index (χ3n) is 4.91. The number of hydrogen-bond donors (Lipinski definition) is 2. The molecule has 22 heavy (non-hydrogen) atoms. The summed E-state index contributed by atoms with van der Waals surface area (Å²) in [5, 5.41) is 4.55. The molecule has 3 heterocycles. The highest BCUT2D eigenvalue weighted by Crippen LogP contribution is 2.27. The molecular formula is C17H22N4O. The number of aromatic nitrogens is 1. The summed E-state index contributed by atoms with van der Waals surface area (Å²) in [5.74, 6) is 0.532. The molecule has 0 bridgehead atoms. The molecule has 1 aromatic heterocycles. The van der Waals surface area contributed by atoms with Gasteiger partial charge in [0.2, 0.25) is 5.91 Å². The second-order valence-electron chi connectivity index (χ2n) is 6.22. The summed E-state index contributed by atoms with van der Waals surface area (Å²) in [6.07, 6.45) is 2.97. The maximum Gasteiger partial charge on any atom is 0.227 e. The lowest BCUT2D eigenvalue weighted by Gasteiger charge is -2.37. The minimum atomic E-state index is 0.194. The van der Waals surface area contributed by atoms with Gasteiger partial charge in [-0.3, -0.25) is 4.79 Å². The number of rotatable bonds is 2. The van der Waals surface area contributed by atoms with Crippen molar-refractivity contribution in [2.75, 3.05) is 44.2 Å². The van der Waals surface area contributed by atoms with Gasteiger partial charge in [0.1, 0.15) is 0 Å². The van der Waals surface area contributed by atoms with Gasteiger partial charge in [-0.1, -0.05) is 6.07 Å². The predicted molar refractivity (Wildman–Crippen MR) is 88.1 cm³/mol. The molecule has 0 aliphatic carbocycles. The van der Waals surface area contributed by atoms with Crippen molar-refractivity contribution in [3.05, 3.63) is 30.5 Å². The average Bonchev–Trinajstić information content (AvgIpc) is 3.25. The normalized spacial score (nSPS) is 22.5. The number of nitrogens with one attached hydrogen (secondary N) is 2. The van der Waals surface area contributed by atoms with Crippen LogP contribution in [0.1, 0.15) is 6.42 Å². The van der Waals surface area contributed by atoms with Gasteiger partial charge in [-0.2, -0.15) is 0 Å². The number of fused-ring (bicyclic) bond motifs is 1. The largest absolute Gasteiger partial charge is 0.367 e. The van der Waals surface area contributed by atoms with Gasteiger partial charge in [0.05, 0.1) is 5.92 Å². The standard InChI is InChI=1S/C17H22N4O/c22-17(13-4-6-18-12-13)21-10-8-20(9-11-21)16-3-1-2-15-14(16)5-7-19-15/h1-3,5,7,13,18-19H,4,6,8-12H2/t13-/m1/s1. The van der Waals surface area contributed by atoms with Crippen molar-refractivity contribution in [1.29, 1.82) is 0 Å². The van der Waals surface area contributed by atoms with E-state index in [1.165, 1.54) is 16.6 Å². The van der Waals surface area contributed by atoms with Gasteiger partial charge in [-0.05, 0) is 31.2 Å². The average molecular weight is 298 g/mol. The van der Waals surface area contributed by atoms with E-state index in [9.17, 15) is 4.79 Å². The predicted octanol–water partition coefficient (Wildman–Crippen LogP) is 1.43. The van der Waals surface area contributed by atoms with Crippen molar-refractivity contribution in [3.8, 4) is 0 Å². The first-order valence-electron chi connectivity index (χ1n) is 8.13. The van der Waals surface area contributed by atoms with Gasteiger partial charge in [0.15, 0.2) is 0 Å². The van der Waals surface area contributed by atoms with Crippen molar-refractivity contribution in [1.82, 2.24) is 15.2 Å². The minimum Gasteiger partial charge on any atom is -0.367 e. The second kappa shape index (κ2) is 5.65. The molecular weight excluding hydrogens is 276 g/mol. The van der Waals surface area contributed by atoms with E-state index in [0.29, 0.717) is 5.91 Å². The Morgan fingerprint density at radius 2 is 2.00 bits per heavy atom. The van der Waals surface area contributed by atoms with Crippen LogP contribution in [0.15, 0.2) is 30.5 Å². The van der Waals surface area contributed by atoms with E-state index in [-0.39, 0.29) is 5.92 Å². The molecule has 2 aliphatic heterocycles. The zero-order valence-electron chi connectivity index (χ0n) is 12.7. The Morgan fingerprint density at radius 3 is 2.77 bits per heavy atom. The number of benzene rings is 1. The molecule has 0 spiro atoms. The maximum absolute atomic E-state index is 12.5. The molecule has 2 saturated heterocycles. The van der Waals surface area contributed by atoms with E-state index in [1.54, 1.807) is 0 Å². The number of carbonyl (C=O) groups excluding carboxylic acids is 1. The van der Waals surface area contributed by atoms with Crippen LogP contribution in [0.25, 0.3) is 10.9 Å². The highest BCUT2D eigenvalue weighted by atomic mass is 16.2. The van der Waals surface area contributed by atoms with Crippen molar-refractivity contribution in [2.45, 2.75) is 6.42 Å². The number of nitrogens with zero attached hydrogens (tertiary/aromatic N) is 2. The number of piperazine rings is 1. The highest BCUT2D eigenvalue weighted by molar-refractivity contribution is 5.92. The van der Waals surface area contributed by atoms with Crippen molar-refractivity contribution in [2.24, 2.45) is 5.92 Å². The Morgan fingerprint density at radius 1 is 1.14 bits per heavy atom. The van der Waals surface area contributed by atoms with Gasteiger partial charge in [0.25, 0.3) is 0 Å². The molecule has 2 aromatic rings. The van der Waals surface area contributed by atoms with Gasteiger partial charge in [0, 0.05) is 55.5 Å². The summed E-state index contributed by atoms with van der Waals surface area (Å²) >= 11 is 0. The molecule has 5 nitrogen and oxygen atoms in total. The number of aromatic amines is 1. The van der Waals surface area contributed by atoms with E-state index in [4.69, 9.17) is 0 Å². The lowest BCUT2D eigenvalue weighted by molar-refractivity contribution is -0.135. The molecule has 1 aromatic carbocycles. The van der Waals surface area contributed by atoms with Crippen LogP contribution >= 0.6 is 0 Å². The SMILES string of the molecule is O=C([C@@H]1CCNC1)N1CCN(c2cccc3[nH]ccc23)CC1. The molecule has 2 aliphatic rings. The fourth-order valence-electron chi connectivity index (χ4n) is 3.64. The van der Waals surface area contributed by atoms with Gasteiger partial charge in [-0.25, -0.2) is 0 Å². The first kappa shape index (κ1) is 13.6. The number of amides is 1. The number of hydrogen-bond acceptors (Lipinski definition) is 3.